The van der Waals surface area contributed by atoms with Crippen LogP contribution in [-0.4, -0.2) is 33.3 Å². The molecule has 1 amide bonds. The summed E-state index contributed by atoms with van der Waals surface area (Å²) in [6.45, 7) is 2.69. The van der Waals surface area contributed by atoms with Gasteiger partial charge in [0.15, 0.2) is 0 Å². The average Bonchev–Trinajstić information content (AvgIpc) is 3.33. The summed E-state index contributed by atoms with van der Waals surface area (Å²) in [6, 6.07) is 14.4. The van der Waals surface area contributed by atoms with Crippen LogP contribution in [0.4, 0.5) is 0 Å². The van der Waals surface area contributed by atoms with Crippen LogP contribution in [0.2, 0.25) is 0 Å². The van der Waals surface area contributed by atoms with E-state index in [1.165, 1.54) is 0 Å². The highest BCUT2D eigenvalue weighted by molar-refractivity contribution is 5.92. The molecule has 1 unspecified atom stereocenters. The summed E-state index contributed by atoms with van der Waals surface area (Å²) in [6.07, 6.45) is 4.10. The van der Waals surface area contributed by atoms with Gasteiger partial charge in [-0.15, -0.1) is 0 Å². The molecule has 0 aliphatic carbocycles. The van der Waals surface area contributed by atoms with Crippen molar-refractivity contribution in [1.82, 2.24) is 20.1 Å². The molecule has 0 bridgehead atoms. The third kappa shape index (κ3) is 3.20. The number of nitrogens with zero attached hydrogens (tertiary/aromatic N) is 3. The first-order chi connectivity index (χ1) is 14.1. The molecule has 0 saturated carbocycles. The molecule has 1 fully saturated rings. The number of hydrogen-bond acceptors (Lipinski definition) is 4. The molecule has 3 heterocycles. The van der Waals surface area contributed by atoms with Crippen molar-refractivity contribution < 1.29 is 9.53 Å². The largest absolute Gasteiger partial charge is 0.490 e. The molecule has 0 spiro atoms. The summed E-state index contributed by atoms with van der Waals surface area (Å²) < 4.78 is 8.25. The number of aryl methyl sites for hydroxylation is 1. The predicted molar refractivity (Wildman–Crippen MR) is 113 cm³/mol. The molecule has 6 nitrogen and oxygen atoms in total. The first-order valence-electron chi connectivity index (χ1n) is 9.83. The van der Waals surface area contributed by atoms with Gasteiger partial charge in [0.2, 0.25) is 5.91 Å². The van der Waals surface area contributed by atoms with Gasteiger partial charge in [-0.2, -0.15) is 5.10 Å². The molecular weight excluding hydrogens is 364 g/mol. The Labute approximate surface area is 168 Å². The molecule has 2 aromatic carbocycles. The molecule has 0 radical (unpaired) electrons. The van der Waals surface area contributed by atoms with Crippen LogP contribution in [0, 0.1) is 5.92 Å². The molecule has 29 heavy (non-hydrogen) atoms. The van der Waals surface area contributed by atoms with Gasteiger partial charge in [0.25, 0.3) is 0 Å². The number of nitrogens with one attached hydrogen (secondary N) is 1. The second kappa shape index (κ2) is 6.88. The van der Waals surface area contributed by atoms with Crippen LogP contribution >= 0.6 is 0 Å². The fourth-order valence-corrected chi connectivity index (χ4v) is 3.99. The summed E-state index contributed by atoms with van der Waals surface area (Å²) in [5.74, 6) is 1.06. The van der Waals surface area contributed by atoms with E-state index < -0.39 is 0 Å². The van der Waals surface area contributed by atoms with Crippen molar-refractivity contribution in [2.75, 3.05) is 6.54 Å². The highest BCUT2D eigenvalue weighted by Crippen LogP contribution is 2.34. The fraction of sp³-hybridized carbons (Fsp3) is 0.261. The van der Waals surface area contributed by atoms with Gasteiger partial charge in [-0.05, 0) is 48.4 Å². The fourth-order valence-electron chi connectivity index (χ4n) is 3.99. The molecule has 2 aromatic heterocycles. The van der Waals surface area contributed by atoms with E-state index in [0.717, 1.165) is 38.7 Å². The second-order valence-electron chi connectivity index (χ2n) is 7.68. The number of fused-ring (bicyclic) bond motifs is 2. The van der Waals surface area contributed by atoms with Gasteiger partial charge in [-0.1, -0.05) is 12.1 Å². The lowest BCUT2D eigenvalue weighted by molar-refractivity contribution is -0.119. The second-order valence-corrected chi connectivity index (χ2v) is 7.68. The summed E-state index contributed by atoms with van der Waals surface area (Å²) in [5.41, 5.74) is 4.10. The van der Waals surface area contributed by atoms with Crippen molar-refractivity contribution in [2.45, 2.75) is 19.4 Å². The van der Waals surface area contributed by atoms with Crippen molar-refractivity contribution in [3.05, 3.63) is 54.9 Å². The molecule has 1 N–H and O–H groups in total. The molecule has 2 atom stereocenters. The van der Waals surface area contributed by atoms with E-state index in [2.05, 4.69) is 45.7 Å². The number of ether oxygens (including phenoxy) is 1. The van der Waals surface area contributed by atoms with Gasteiger partial charge < -0.3 is 10.1 Å². The highest BCUT2D eigenvalue weighted by Gasteiger charge is 2.28. The van der Waals surface area contributed by atoms with Crippen molar-refractivity contribution in [1.29, 1.82) is 0 Å². The number of aromatic nitrogens is 3. The normalized spacial score (nSPS) is 17.6. The Bertz CT molecular complexity index is 1230. The van der Waals surface area contributed by atoms with Gasteiger partial charge in [0.05, 0.1) is 17.2 Å². The van der Waals surface area contributed by atoms with E-state index in [4.69, 9.17) is 4.74 Å². The summed E-state index contributed by atoms with van der Waals surface area (Å²) in [7, 11) is 1.95. The van der Waals surface area contributed by atoms with Crippen LogP contribution in [0.15, 0.2) is 54.9 Å². The number of benzene rings is 2. The van der Waals surface area contributed by atoms with Crippen LogP contribution < -0.4 is 10.1 Å². The molecule has 4 aromatic rings. The third-order valence-corrected chi connectivity index (χ3v) is 5.75. The zero-order valence-corrected chi connectivity index (χ0v) is 16.4. The number of carbonyl (C=O) groups is 1. The van der Waals surface area contributed by atoms with Crippen molar-refractivity contribution in [3.63, 3.8) is 0 Å². The van der Waals surface area contributed by atoms with E-state index in [1.807, 2.05) is 37.0 Å². The lowest BCUT2D eigenvalue weighted by Crippen LogP contribution is -2.25. The van der Waals surface area contributed by atoms with Gasteiger partial charge in [0, 0.05) is 42.9 Å². The minimum absolute atomic E-state index is 0.0767. The topological polar surface area (TPSA) is 69.0 Å². The van der Waals surface area contributed by atoms with Crippen molar-refractivity contribution in [3.8, 4) is 16.9 Å². The maximum absolute atomic E-state index is 11.6. The van der Waals surface area contributed by atoms with Crippen LogP contribution in [-0.2, 0) is 11.8 Å². The van der Waals surface area contributed by atoms with Crippen LogP contribution in [0.5, 0.6) is 5.75 Å². The lowest BCUT2D eigenvalue weighted by atomic mass is 10.0. The maximum Gasteiger partial charge on any atom is 0.220 e. The average molecular weight is 386 g/mol. The number of hydrogen-bond donors (Lipinski definition) is 1. The Morgan fingerprint density at radius 3 is 2.93 bits per heavy atom. The zero-order valence-electron chi connectivity index (χ0n) is 16.4. The quantitative estimate of drug-likeness (QED) is 0.581. The van der Waals surface area contributed by atoms with Gasteiger partial charge in [-0.25, -0.2) is 0 Å². The van der Waals surface area contributed by atoms with Crippen molar-refractivity contribution >= 4 is 27.7 Å². The molecule has 1 aliphatic rings. The number of rotatable bonds is 4. The maximum atomic E-state index is 11.6. The van der Waals surface area contributed by atoms with E-state index in [0.29, 0.717) is 13.0 Å². The Morgan fingerprint density at radius 2 is 2.10 bits per heavy atom. The molecule has 1 saturated heterocycles. The zero-order chi connectivity index (χ0) is 20.0. The third-order valence-electron chi connectivity index (χ3n) is 5.75. The predicted octanol–water partition coefficient (Wildman–Crippen LogP) is 3.69. The Hall–Kier alpha value is -3.41. The van der Waals surface area contributed by atoms with Gasteiger partial charge >= 0.3 is 0 Å². The van der Waals surface area contributed by atoms with E-state index >= 15 is 0 Å². The summed E-state index contributed by atoms with van der Waals surface area (Å²) >= 11 is 0. The van der Waals surface area contributed by atoms with Crippen molar-refractivity contribution in [2.24, 2.45) is 13.0 Å². The first-order valence-corrected chi connectivity index (χ1v) is 9.83. The van der Waals surface area contributed by atoms with E-state index in [1.54, 1.807) is 6.20 Å². The Kier molecular flexibility index (Phi) is 4.19. The monoisotopic (exact) mass is 386 g/mol. The number of carbonyl (C=O) groups excluding carboxylic acids is 1. The Balaban J connectivity index is 1.57. The van der Waals surface area contributed by atoms with E-state index in [-0.39, 0.29) is 17.9 Å². The van der Waals surface area contributed by atoms with Crippen LogP contribution in [0.25, 0.3) is 32.9 Å². The molecule has 1 aliphatic heterocycles. The summed E-state index contributed by atoms with van der Waals surface area (Å²) in [4.78, 5) is 16.1. The minimum Gasteiger partial charge on any atom is -0.490 e. The SMILES string of the molecule is C[C@@H](Oc1cc(-c2ccc3cnn(C)c3c2)cc2ncccc12)C1CNC(=O)C1. The van der Waals surface area contributed by atoms with E-state index in [9.17, 15) is 4.79 Å². The number of amides is 1. The highest BCUT2D eigenvalue weighted by atomic mass is 16.5. The standard InChI is InChI=1S/C23H22N4O2/c1-14(18-11-23(28)25-12-18)29-22-10-17(8-20-19(22)4-3-7-24-20)15-5-6-16-13-26-27(2)21(16)9-15/h3-10,13-14,18H,11-12H2,1-2H3,(H,25,28)/t14-,18?/m1/s1. The van der Waals surface area contributed by atoms with Crippen LogP contribution in [0.1, 0.15) is 13.3 Å². The smallest absolute Gasteiger partial charge is 0.220 e. The summed E-state index contributed by atoms with van der Waals surface area (Å²) in [5, 5.41) is 9.31. The first kappa shape index (κ1) is 17.7. The minimum atomic E-state index is -0.0767. The number of pyridine rings is 1. The van der Waals surface area contributed by atoms with Crippen LogP contribution in [0.3, 0.4) is 0 Å². The van der Waals surface area contributed by atoms with Gasteiger partial charge in [0.1, 0.15) is 11.9 Å². The molecule has 6 heteroatoms. The molecular formula is C23H22N4O2. The van der Waals surface area contributed by atoms with Gasteiger partial charge in [-0.3, -0.25) is 14.5 Å². The molecule has 146 valence electrons. The molecule has 5 rings (SSSR count). The lowest BCUT2D eigenvalue weighted by Gasteiger charge is -2.21. The Morgan fingerprint density at radius 1 is 1.21 bits per heavy atom.